The number of halogens is 2. The quantitative estimate of drug-likeness (QED) is 0.876. The molecule has 3 nitrogen and oxygen atoms in total. The summed E-state index contributed by atoms with van der Waals surface area (Å²) in [5, 5.41) is 18.1. The Labute approximate surface area is 89.3 Å². The van der Waals surface area contributed by atoms with Crippen molar-refractivity contribution in [2.24, 2.45) is 0 Å². The first-order valence-corrected chi connectivity index (χ1v) is 4.75. The van der Waals surface area contributed by atoms with E-state index in [2.05, 4.69) is 15.9 Å². The lowest BCUT2D eigenvalue weighted by molar-refractivity contribution is 0.294. The monoisotopic (exact) mass is 264 g/mol. The van der Waals surface area contributed by atoms with Gasteiger partial charge in [-0.1, -0.05) is 15.9 Å². The summed E-state index contributed by atoms with van der Waals surface area (Å²) in [7, 11) is 1.34. The highest BCUT2D eigenvalue weighted by Crippen LogP contribution is 2.37. The van der Waals surface area contributed by atoms with Crippen LogP contribution in [-0.2, 0) is 6.42 Å². The molecule has 1 rings (SSSR count). The van der Waals surface area contributed by atoms with Crippen molar-refractivity contribution in [2.45, 2.75) is 6.42 Å². The molecule has 78 valence electrons. The molecular weight excluding hydrogens is 255 g/mol. The molecule has 0 unspecified atom stereocenters. The van der Waals surface area contributed by atoms with Gasteiger partial charge in [0.25, 0.3) is 0 Å². The normalized spacial score (nSPS) is 10.3. The summed E-state index contributed by atoms with van der Waals surface area (Å²) in [6.45, 7) is -0.0972. The van der Waals surface area contributed by atoms with Crippen molar-refractivity contribution < 1.29 is 19.3 Å². The van der Waals surface area contributed by atoms with E-state index in [1.54, 1.807) is 0 Å². The summed E-state index contributed by atoms with van der Waals surface area (Å²) in [5.41, 5.74) is 0.550. The van der Waals surface area contributed by atoms with Crippen LogP contribution in [0.3, 0.4) is 0 Å². The summed E-state index contributed by atoms with van der Waals surface area (Å²) in [6.07, 6.45) is 0.289. The Morgan fingerprint density at radius 2 is 2.21 bits per heavy atom. The molecule has 0 bridgehead atoms. The van der Waals surface area contributed by atoms with Crippen LogP contribution in [0.25, 0.3) is 0 Å². The van der Waals surface area contributed by atoms with Crippen LogP contribution in [-0.4, -0.2) is 23.9 Å². The van der Waals surface area contributed by atoms with Crippen LogP contribution in [0.5, 0.6) is 11.5 Å². The third kappa shape index (κ3) is 1.99. The molecule has 0 amide bonds. The smallest absolute Gasteiger partial charge is 0.194 e. The maximum Gasteiger partial charge on any atom is 0.194 e. The number of benzene rings is 1. The Bertz CT molecular complexity index is 341. The Morgan fingerprint density at radius 3 is 2.71 bits per heavy atom. The third-order valence-electron chi connectivity index (χ3n) is 1.82. The number of methoxy groups -OCH3 is 1. The molecule has 0 radical (unpaired) electrons. The van der Waals surface area contributed by atoms with Gasteiger partial charge < -0.3 is 14.9 Å². The van der Waals surface area contributed by atoms with E-state index in [1.165, 1.54) is 7.11 Å². The van der Waals surface area contributed by atoms with Crippen LogP contribution in [0.2, 0.25) is 0 Å². The highest BCUT2D eigenvalue weighted by atomic mass is 79.9. The minimum Gasteiger partial charge on any atom is -0.502 e. The zero-order valence-electron chi connectivity index (χ0n) is 7.55. The summed E-state index contributed by atoms with van der Waals surface area (Å²) in [4.78, 5) is 0. The molecular formula is C9H10BrFO3. The number of hydrogen-bond acceptors (Lipinski definition) is 3. The van der Waals surface area contributed by atoms with Gasteiger partial charge in [0, 0.05) is 23.1 Å². The highest BCUT2D eigenvalue weighted by molar-refractivity contribution is 9.10. The van der Waals surface area contributed by atoms with E-state index in [0.717, 1.165) is 6.07 Å². The van der Waals surface area contributed by atoms with Crippen molar-refractivity contribution in [3.63, 3.8) is 0 Å². The summed E-state index contributed by atoms with van der Waals surface area (Å²) >= 11 is 3.13. The molecule has 2 N–H and O–H groups in total. The van der Waals surface area contributed by atoms with Gasteiger partial charge in [0.2, 0.25) is 0 Å². The standard InChI is InChI=1S/C9H10BrFO3/c1-14-9-5(2-3-12)6(10)4-7(11)8(9)13/h4,12-13H,2-3H2,1H3. The molecule has 0 aliphatic carbocycles. The van der Waals surface area contributed by atoms with Crippen molar-refractivity contribution in [2.75, 3.05) is 13.7 Å². The fourth-order valence-electron chi connectivity index (χ4n) is 1.19. The van der Waals surface area contributed by atoms with Gasteiger partial charge in [-0.15, -0.1) is 0 Å². The average molecular weight is 265 g/mol. The van der Waals surface area contributed by atoms with Crippen LogP contribution >= 0.6 is 15.9 Å². The second kappa shape index (κ2) is 4.61. The lowest BCUT2D eigenvalue weighted by atomic mass is 10.1. The van der Waals surface area contributed by atoms with E-state index in [9.17, 15) is 9.50 Å². The zero-order valence-corrected chi connectivity index (χ0v) is 9.14. The van der Waals surface area contributed by atoms with Crippen molar-refractivity contribution in [3.05, 3.63) is 21.9 Å². The predicted octanol–water partition coefficient (Wildman–Crippen LogP) is 1.84. The SMILES string of the molecule is COc1c(O)c(F)cc(Br)c1CCO. The van der Waals surface area contributed by atoms with E-state index < -0.39 is 11.6 Å². The summed E-state index contributed by atoms with van der Waals surface area (Å²) in [5.74, 6) is -1.22. The van der Waals surface area contributed by atoms with E-state index in [0.29, 0.717) is 10.0 Å². The zero-order chi connectivity index (χ0) is 10.7. The topological polar surface area (TPSA) is 49.7 Å². The molecule has 0 saturated carbocycles. The van der Waals surface area contributed by atoms with Gasteiger partial charge in [0.05, 0.1) is 7.11 Å². The first kappa shape index (κ1) is 11.3. The second-order valence-electron chi connectivity index (χ2n) is 2.67. The molecule has 0 saturated heterocycles. The maximum atomic E-state index is 13.0. The number of aliphatic hydroxyl groups excluding tert-OH is 1. The summed E-state index contributed by atoms with van der Waals surface area (Å²) in [6, 6.07) is 1.14. The molecule has 0 heterocycles. The number of phenolic OH excluding ortho intramolecular Hbond substituents is 1. The number of hydrogen-bond donors (Lipinski definition) is 2. The van der Waals surface area contributed by atoms with Gasteiger partial charge >= 0.3 is 0 Å². The number of aromatic hydroxyl groups is 1. The van der Waals surface area contributed by atoms with Crippen LogP contribution < -0.4 is 4.74 Å². The van der Waals surface area contributed by atoms with Crippen molar-refractivity contribution in [1.29, 1.82) is 0 Å². The second-order valence-corrected chi connectivity index (χ2v) is 3.53. The fourth-order valence-corrected chi connectivity index (χ4v) is 1.77. The number of ether oxygens (including phenoxy) is 1. The lowest BCUT2D eigenvalue weighted by Crippen LogP contribution is -1.99. The van der Waals surface area contributed by atoms with E-state index in [1.807, 2.05) is 0 Å². The maximum absolute atomic E-state index is 13.0. The summed E-state index contributed by atoms with van der Waals surface area (Å²) < 4.78 is 18.4. The number of rotatable bonds is 3. The lowest BCUT2D eigenvalue weighted by Gasteiger charge is -2.11. The van der Waals surface area contributed by atoms with Gasteiger partial charge in [-0.3, -0.25) is 0 Å². The van der Waals surface area contributed by atoms with E-state index in [4.69, 9.17) is 9.84 Å². The highest BCUT2D eigenvalue weighted by Gasteiger charge is 2.16. The van der Waals surface area contributed by atoms with E-state index in [-0.39, 0.29) is 18.8 Å². The van der Waals surface area contributed by atoms with Gasteiger partial charge in [-0.2, -0.15) is 0 Å². The molecule has 0 aliphatic rings. The molecule has 0 atom stereocenters. The van der Waals surface area contributed by atoms with Gasteiger partial charge in [-0.05, 0) is 6.07 Å². The van der Waals surface area contributed by atoms with Crippen LogP contribution in [0.15, 0.2) is 10.5 Å². The molecule has 0 aromatic heterocycles. The molecule has 14 heavy (non-hydrogen) atoms. The van der Waals surface area contributed by atoms with E-state index >= 15 is 0 Å². The fraction of sp³-hybridized carbons (Fsp3) is 0.333. The molecule has 0 aliphatic heterocycles. The minimum absolute atomic E-state index is 0.0610. The third-order valence-corrected chi connectivity index (χ3v) is 2.53. The Balaban J connectivity index is 3.31. The molecule has 0 spiro atoms. The van der Waals surface area contributed by atoms with Crippen molar-refractivity contribution >= 4 is 15.9 Å². The van der Waals surface area contributed by atoms with Gasteiger partial charge in [-0.25, -0.2) is 4.39 Å². The molecule has 0 fully saturated rings. The van der Waals surface area contributed by atoms with Crippen molar-refractivity contribution in [1.82, 2.24) is 0 Å². The Kier molecular flexibility index (Phi) is 3.71. The van der Waals surface area contributed by atoms with Crippen LogP contribution in [0, 0.1) is 5.82 Å². The first-order chi connectivity index (χ1) is 6.61. The van der Waals surface area contributed by atoms with Crippen LogP contribution in [0.1, 0.15) is 5.56 Å². The van der Waals surface area contributed by atoms with Crippen LogP contribution in [0.4, 0.5) is 4.39 Å². The molecule has 5 heteroatoms. The number of aliphatic hydroxyl groups is 1. The van der Waals surface area contributed by atoms with Gasteiger partial charge in [0.15, 0.2) is 17.3 Å². The predicted molar refractivity (Wildman–Crippen MR) is 53.1 cm³/mol. The Hall–Kier alpha value is -0.810. The average Bonchev–Trinajstić information content (AvgIpc) is 2.15. The van der Waals surface area contributed by atoms with Gasteiger partial charge in [0.1, 0.15) is 0 Å². The molecule has 1 aromatic carbocycles. The first-order valence-electron chi connectivity index (χ1n) is 3.96. The number of phenols is 1. The van der Waals surface area contributed by atoms with Crippen molar-refractivity contribution in [3.8, 4) is 11.5 Å². The minimum atomic E-state index is -0.754. The Morgan fingerprint density at radius 1 is 1.57 bits per heavy atom. The molecule has 1 aromatic rings. The largest absolute Gasteiger partial charge is 0.502 e.